The SMILES string of the molecule is CC(Br)C(=O)OCCCCCCCCCCC[Si](Cl)(Cl)Cl. The number of halogens is 4. The largest absolute Gasteiger partial charge is 0.465 e. The summed E-state index contributed by atoms with van der Waals surface area (Å²) in [5, 5.41) is 0. The second kappa shape index (κ2) is 13.5. The Morgan fingerprint density at radius 2 is 1.38 bits per heavy atom. The van der Waals surface area contributed by atoms with Gasteiger partial charge in [0.25, 0.3) is 0 Å². The molecule has 0 N–H and O–H groups in total. The Hall–Kier alpha value is 1.04. The van der Waals surface area contributed by atoms with Gasteiger partial charge in [0.05, 0.1) is 6.61 Å². The highest BCUT2D eigenvalue weighted by Crippen LogP contribution is 2.27. The van der Waals surface area contributed by atoms with E-state index < -0.39 is 6.00 Å². The van der Waals surface area contributed by atoms with Gasteiger partial charge < -0.3 is 4.74 Å². The van der Waals surface area contributed by atoms with Crippen molar-refractivity contribution in [3.05, 3.63) is 0 Å². The maximum Gasteiger partial charge on any atom is 0.341 e. The van der Waals surface area contributed by atoms with E-state index in [1.807, 2.05) is 0 Å². The van der Waals surface area contributed by atoms with Crippen LogP contribution in [0.5, 0.6) is 0 Å². The number of rotatable bonds is 13. The molecular weight excluding hydrogens is 415 g/mol. The summed E-state index contributed by atoms with van der Waals surface area (Å²) in [4.78, 5) is 11.0. The lowest BCUT2D eigenvalue weighted by Crippen LogP contribution is -2.14. The number of hydrogen-bond acceptors (Lipinski definition) is 2. The highest BCUT2D eigenvalue weighted by Gasteiger charge is 2.23. The van der Waals surface area contributed by atoms with Crippen LogP contribution in [0.25, 0.3) is 0 Å². The molecule has 0 aromatic carbocycles. The highest BCUT2D eigenvalue weighted by molar-refractivity contribution is 9.10. The minimum Gasteiger partial charge on any atom is -0.465 e. The van der Waals surface area contributed by atoms with Gasteiger partial charge in [-0.05, 0) is 19.4 Å². The van der Waals surface area contributed by atoms with Crippen LogP contribution in [0.4, 0.5) is 0 Å². The summed E-state index contributed by atoms with van der Waals surface area (Å²) in [5.74, 6) is -0.173. The number of ether oxygens (including phenoxy) is 1. The van der Waals surface area contributed by atoms with Crippen molar-refractivity contribution in [2.24, 2.45) is 0 Å². The zero-order chi connectivity index (χ0) is 16.1. The third-order valence-electron chi connectivity index (χ3n) is 3.17. The summed E-state index contributed by atoms with van der Waals surface area (Å²) in [6.45, 7) is 2.31. The molecule has 1 atom stereocenters. The molecule has 0 bridgehead atoms. The molecule has 0 aromatic rings. The molecular formula is C14H26BrCl3O2Si. The van der Waals surface area contributed by atoms with Gasteiger partial charge in [-0.1, -0.05) is 67.3 Å². The second-order valence-electron chi connectivity index (χ2n) is 5.33. The topological polar surface area (TPSA) is 26.3 Å². The van der Waals surface area contributed by atoms with Crippen molar-refractivity contribution in [1.29, 1.82) is 0 Å². The standard InChI is InChI=1S/C14H26BrCl3O2Si/c1-13(15)14(19)20-11-9-7-5-3-2-4-6-8-10-12-21(16,17)18/h13H,2-12H2,1H3. The van der Waals surface area contributed by atoms with Crippen LogP contribution in [0.2, 0.25) is 6.04 Å². The molecule has 126 valence electrons. The third kappa shape index (κ3) is 17.2. The van der Waals surface area contributed by atoms with Crippen LogP contribution in [0.15, 0.2) is 0 Å². The number of carbonyl (C=O) groups is 1. The van der Waals surface area contributed by atoms with E-state index >= 15 is 0 Å². The van der Waals surface area contributed by atoms with Crippen molar-refractivity contribution >= 4 is 61.1 Å². The Morgan fingerprint density at radius 1 is 0.952 bits per heavy atom. The summed E-state index contributed by atoms with van der Waals surface area (Å²) in [7, 11) is 0. The van der Waals surface area contributed by atoms with Crippen LogP contribution in [0.3, 0.4) is 0 Å². The van der Waals surface area contributed by atoms with E-state index in [-0.39, 0.29) is 10.8 Å². The van der Waals surface area contributed by atoms with Gasteiger partial charge in [0.1, 0.15) is 4.83 Å². The van der Waals surface area contributed by atoms with E-state index in [0.29, 0.717) is 6.61 Å². The minimum atomic E-state index is -2.39. The molecule has 0 fully saturated rings. The Labute approximate surface area is 152 Å². The molecule has 0 aromatic heterocycles. The van der Waals surface area contributed by atoms with Crippen LogP contribution in [-0.2, 0) is 9.53 Å². The fourth-order valence-electron chi connectivity index (χ4n) is 1.95. The number of esters is 1. The van der Waals surface area contributed by atoms with E-state index in [9.17, 15) is 4.79 Å². The van der Waals surface area contributed by atoms with Crippen LogP contribution < -0.4 is 0 Å². The molecule has 0 heterocycles. The van der Waals surface area contributed by atoms with Gasteiger partial charge >= 0.3 is 12.0 Å². The maximum absolute atomic E-state index is 11.2. The Morgan fingerprint density at radius 3 is 1.81 bits per heavy atom. The predicted octanol–water partition coefficient (Wildman–Crippen LogP) is 6.48. The predicted molar refractivity (Wildman–Crippen MR) is 99.0 cm³/mol. The van der Waals surface area contributed by atoms with E-state index in [1.165, 1.54) is 38.5 Å². The van der Waals surface area contributed by atoms with Crippen LogP contribution in [0.1, 0.15) is 64.7 Å². The molecule has 0 aliphatic heterocycles. The molecule has 0 spiro atoms. The van der Waals surface area contributed by atoms with E-state index in [2.05, 4.69) is 15.9 Å². The fourth-order valence-corrected chi connectivity index (χ4v) is 3.94. The Kier molecular flexibility index (Phi) is 14.1. The fraction of sp³-hybridized carbons (Fsp3) is 0.929. The van der Waals surface area contributed by atoms with Crippen molar-refractivity contribution in [2.45, 2.75) is 75.6 Å². The van der Waals surface area contributed by atoms with Crippen LogP contribution >= 0.6 is 49.2 Å². The smallest absolute Gasteiger partial charge is 0.341 e. The molecule has 0 radical (unpaired) electrons. The second-order valence-corrected chi connectivity index (χ2v) is 16.0. The molecule has 0 amide bonds. The summed E-state index contributed by atoms with van der Waals surface area (Å²) in [6, 6.07) is -1.61. The van der Waals surface area contributed by atoms with Gasteiger partial charge in [-0.2, -0.15) is 0 Å². The van der Waals surface area contributed by atoms with Gasteiger partial charge in [-0.25, -0.2) is 0 Å². The van der Waals surface area contributed by atoms with Gasteiger partial charge in [-0.3, -0.25) is 4.79 Å². The molecule has 0 aliphatic rings. The summed E-state index contributed by atoms with van der Waals surface area (Å²) in [6.07, 6.45) is 10.5. The molecule has 1 unspecified atom stereocenters. The van der Waals surface area contributed by atoms with Crippen LogP contribution in [-0.4, -0.2) is 23.4 Å². The third-order valence-corrected chi connectivity index (χ3v) is 6.17. The zero-order valence-electron chi connectivity index (χ0n) is 12.7. The quantitative estimate of drug-likeness (QED) is 0.108. The normalized spacial score (nSPS) is 13.2. The average molecular weight is 441 g/mol. The van der Waals surface area contributed by atoms with Crippen molar-refractivity contribution in [3.63, 3.8) is 0 Å². The highest BCUT2D eigenvalue weighted by atomic mass is 79.9. The minimum absolute atomic E-state index is 0.173. The van der Waals surface area contributed by atoms with E-state index in [0.717, 1.165) is 25.3 Å². The number of unbranched alkanes of at least 4 members (excludes halogenated alkanes) is 8. The number of carbonyl (C=O) groups excluding carboxylic acids is 1. The lowest BCUT2D eigenvalue weighted by Gasteiger charge is -2.07. The average Bonchev–Trinajstić information content (AvgIpc) is 2.38. The first-order valence-electron chi connectivity index (χ1n) is 7.70. The molecule has 21 heavy (non-hydrogen) atoms. The lowest BCUT2D eigenvalue weighted by molar-refractivity contribution is -0.142. The summed E-state index contributed by atoms with van der Waals surface area (Å²) in [5.41, 5.74) is 0. The Bertz CT molecular complexity index is 273. The van der Waals surface area contributed by atoms with E-state index in [1.54, 1.807) is 6.92 Å². The van der Waals surface area contributed by atoms with Crippen molar-refractivity contribution < 1.29 is 9.53 Å². The van der Waals surface area contributed by atoms with Crippen molar-refractivity contribution in [3.8, 4) is 0 Å². The van der Waals surface area contributed by atoms with Crippen molar-refractivity contribution in [2.75, 3.05) is 6.61 Å². The summed E-state index contributed by atoms with van der Waals surface area (Å²) >= 11 is 20.7. The number of hydrogen-bond donors (Lipinski definition) is 0. The first kappa shape index (κ1) is 22.0. The zero-order valence-corrected chi connectivity index (χ0v) is 17.5. The molecule has 2 nitrogen and oxygen atoms in total. The molecule has 0 aliphatic carbocycles. The van der Waals surface area contributed by atoms with Crippen LogP contribution in [0, 0.1) is 0 Å². The molecule has 7 heteroatoms. The van der Waals surface area contributed by atoms with Gasteiger partial charge in [0.15, 0.2) is 0 Å². The lowest BCUT2D eigenvalue weighted by atomic mass is 10.1. The van der Waals surface area contributed by atoms with Gasteiger partial charge in [0.2, 0.25) is 0 Å². The molecule has 0 rings (SSSR count). The number of alkyl halides is 1. The summed E-state index contributed by atoms with van der Waals surface area (Å²) < 4.78 is 5.09. The first-order valence-corrected chi connectivity index (χ1v) is 13.9. The van der Waals surface area contributed by atoms with E-state index in [4.69, 9.17) is 38.0 Å². The molecule has 0 saturated carbocycles. The maximum atomic E-state index is 11.2. The van der Waals surface area contributed by atoms with Gasteiger partial charge in [-0.15, -0.1) is 33.2 Å². The monoisotopic (exact) mass is 438 g/mol. The van der Waals surface area contributed by atoms with Crippen molar-refractivity contribution in [1.82, 2.24) is 0 Å². The first-order chi connectivity index (χ1) is 9.83. The Balaban J connectivity index is 3.14. The molecule has 0 saturated heterocycles. The van der Waals surface area contributed by atoms with Gasteiger partial charge in [0, 0.05) is 0 Å².